The second kappa shape index (κ2) is 15.9. The van der Waals surface area contributed by atoms with E-state index in [9.17, 15) is 24.4 Å². The minimum absolute atomic E-state index is 0.0202. The third-order valence-electron chi connectivity index (χ3n) is 7.38. The van der Waals surface area contributed by atoms with E-state index in [-0.39, 0.29) is 23.3 Å². The van der Waals surface area contributed by atoms with Crippen molar-refractivity contribution in [1.29, 1.82) is 5.26 Å². The summed E-state index contributed by atoms with van der Waals surface area (Å²) in [6.07, 6.45) is 2.14. The Labute approximate surface area is 286 Å². The van der Waals surface area contributed by atoms with Crippen LogP contribution < -0.4 is 20.7 Å². The number of ether oxygens (including phenoxy) is 1. The molecule has 0 unspecified atom stereocenters. The molecule has 0 saturated heterocycles. The maximum Gasteiger partial charge on any atom is 0.272 e. The highest BCUT2D eigenvalue weighted by atomic mass is 32.2. The van der Waals surface area contributed by atoms with Gasteiger partial charge in [0.25, 0.3) is 11.8 Å². The van der Waals surface area contributed by atoms with Crippen LogP contribution in [0.5, 0.6) is 5.75 Å². The van der Waals surface area contributed by atoms with Crippen LogP contribution in [0.25, 0.3) is 6.08 Å². The summed E-state index contributed by atoms with van der Waals surface area (Å²) < 4.78 is 5.72. The largest absolute Gasteiger partial charge is 0.493 e. The Bertz CT molecular complexity index is 1920. The molecule has 1 aliphatic heterocycles. The van der Waals surface area contributed by atoms with Gasteiger partial charge in [-0.25, -0.2) is 0 Å². The quantitative estimate of drug-likeness (QED) is 0.129. The van der Waals surface area contributed by atoms with E-state index in [0.717, 1.165) is 15.3 Å². The minimum atomic E-state index is -0.542. The van der Waals surface area contributed by atoms with Gasteiger partial charge in [-0.1, -0.05) is 42.5 Å². The first-order chi connectivity index (χ1) is 23.2. The fourth-order valence-corrected chi connectivity index (χ4v) is 7.02. The van der Waals surface area contributed by atoms with Gasteiger partial charge in [0.1, 0.15) is 22.5 Å². The maximum atomic E-state index is 13.6. The third-order valence-corrected chi connectivity index (χ3v) is 9.50. The number of anilines is 2. The lowest BCUT2D eigenvalue weighted by atomic mass is 10.0. The molecule has 0 aliphatic carbocycles. The molecule has 244 valence electrons. The minimum Gasteiger partial charge on any atom is -0.493 e. The molecule has 0 spiro atoms. The normalized spacial score (nSPS) is 12.4. The molecule has 4 aromatic rings. The van der Waals surface area contributed by atoms with Gasteiger partial charge in [-0.3, -0.25) is 19.2 Å². The Hall–Kier alpha value is -5.38. The van der Waals surface area contributed by atoms with Gasteiger partial charge in [0, 0.05) is 40.1 Å². The molecule has 0 fully saturated rings. The van der Waals surface area contributed by atoms with Gasteiger partial charge < -0.3 is 25.6 Å². The number of nitrogens with one attached hydrogen (secondary N) is 3. The number of amides is 4. The second-order valence-electron chi connectivity index (χ2n) is 10.7. The number of carbonyl (C=O) groups excluding carboxylic acids is 4. The Morgan fingerprint density at radius 1 is 1.02 bits per heavy atom. The summed E-state index contributed by atoms with van der Waals surface area (Å²) in [5.74, 6) is -0.655. The van der Waals surface area contributed by atoms with Gasteiger partial charge in [0.2, 0.25) is 11.8 Å². The average Bonchev–Trinajstić information content (AvgIpc) is 3.44. The average molecular weight is 680 g/mol. The second-order valence-corrected chi connectivity index (χ2v) is 12.8. The topological polar surface area (TPSA) is 141 Å². The van der Waals surface area contributed by atoms with Crippen LogP contribution >= 0.6 is 23.1 Å². The Kier molecular flexibility index (Phi) is 11.3. The molecule has 1 aromatic heterocycles. The van der Waals surface area contributed by atoms with Crippen molar-refractivity contribution in [2.75, 3.05) is 29.5 Å². The van der Waals surface area contributed by atoms with Gasteiger partial charge in [-0.15, -0.1) is 23.1 Å². The van der Waals surface area contributed by atoms with Gasteiger partial charge in [-0.05, 0) is 61.4 Å². The molecule has 5 rings (SSSR count). The zero-order valence-electron chi connectivity index (χ0n) is 26.4. The van der Waals surface area contributed by atoms with Crippen molar-refractivity contribution >= 4 is 63.5 Å². The summed E-state index contributed by atoms with van der Waals surface area (Å²) >= 11 is 2.60. The molecule has 3 aromatic carbocycles. The molecule has 12 heteroatoms. The number of carbonyl (C=O) groups is 4. The van der Waals surface area contributed by atoms with Crippen LogP contribution in [0.2, 0.25) is 0 Å². The number of benzene rings is 3. The molecule has 48 heavy (non-hydrogen) atoms. The number of thioether (sulfide) groups is 1. The smallest absolute Gasteiger partial charge is 0.272 e. The number of nitrogens with zero attached hydrogens (tertiary/aromatic N) is 2. The molecule has 2 heterocycles. The number of hydrogen-bond donors (Lipinski definition) is 3. The molecule has 0 radical (unpaired) electrons. The molecule has 0 bridgehead atoms. The fourth-order valence-electron chi connectivity index (χ4n) is 5.04. The number of para-hydroxylation sites is 1. The van der Waals surface area contributed by atoms with E-state index in [1.54, 1.807) is 71.6 Å². The van der Waals surface area contributed by atoms with Crippen molar-refractivity contribution in [1.82, 2.24) is 10.2 Å². The Morgan fingerprint density at radius 3 is 2.54 bits per heavy atom. The standard InChI is InChI=1S/C36H33N5O5S2/c1-3-46-31-15-8-7-12-25(31)18-30(39-34(44)24-10-5-4-6-11-24)35(45)38-26-13-9-14-27(19-26)47-22-33(43)40-36-29(20-37)28-16-17-41(23(2)42)21-32(28)48-36/h4-15,18-19H,3,16-17,21-22H2,1-2H3,(H,38,45)(H,39,44)(H,40,43)/b30-18+. The van der Waals surface area contributed by atoms with E-state index in [2.05, 4.69) is 22.0 Å². The molecule has 1 aliphatic rings. The summed E-state index contributed by atoms with van der Waals surface area (Å²) in [5.41, 5.74) is 2.85. The highest BCUT2D eigenvalue weighted by Crippen LogP contribution is 2.37. The molecule has 0 saturated carbocycles. The number of fused-ring (bicyclic) bond motifs is 1. The van der Waals surface area contributed by atoms with Crippen LogP contribution in [0, 0.1) is 11.3 Å². The van der Waals surface area contributed by atoms with E-state index < -0.39 is 11.8 Å². The van der Waals surface area contributed by atoms with Crippen LogP contribution in [0.3, 0.4) is 0 Å². The summed E-state index contributed by atoms with van der Waals surface area (Å²) in [7, 11) is 0. The third kappa shape index (κ3) is 8.50. The van der Waals surface area contributed by atoms with Crippen molar-refractivity contribution in [3.63, 3.8) is 0 Å². The lowest BCUT2D eigenvalue weighted by Crippen LogP contribution is -2.33. The molecule has 10 nitrogen and oxygen atoms in total. The zero-order chi connectivity index (χ0) is 34.0. The zero-order valence-corrected chi connectivity index (χ0v) is 28.0. The molecular formula is C36H33N5O5S2. The van der Waals surface area contributed by atoms with Crippen LogP contribution in [-0.2, 0) is 27.3 Å². The number of nitriles is 1. The summed E-state index contributed by atoms with van der Waals surface area (Å²) in [5, 5.41) is 18.7. The fraction of sp³-hybridized carbons (Fsp3) is 0.194. The van der Waals surface area contributed by atoms with Gasteiger partial charge >= 0.3 is 0 Å². The van der Waals surface area contributed by atoms with E-state index in [1.807, 2.05) is 25.1 Å². The number of rotatable bonds is 11. The Balaban J connectivity index is 1.27. The first-order valence-electron chi connectivity index (χ1n) is 15.2. The van der Waals surface area contributed by atoms with E-state index in [4.69, 9.17) is 4.74 Å². The first-order valence-corrected chi connectivity index (χ1v) is 17.0. The van der Waals surface area contributed by atoms with Gasteiger partial charge in [0.05, 0.1) is 24.5 Å². The van der Waals surface area contributed by atoms with Crippen LogP contribution in [0.1, 0.15) is 45.8 Å². The van der Waals surface area contributed by atoms with Gasteiger partial charge in [-0.2, -0.15) is 5.26 Å². The first kappa shape index (κ1) is 34.0. The maximum absolute atomic E-state index is 13.6. The molecular weight excluding hydrogens is 647 g/mol. The summed E-state index contributed by atoms with van der Waals surface area (Å²) in [4.78, 5) is 54.8. The lowest BCUT2D eigenvalue weighted by Gasteiger charge is -2.25. The predicted molar refractivity (Wildman–Crippen MR) is 188 cm³/mol. The van der Waals surface area contributed by atoms with E-state index in [1.165, 1.54) is 30.0 Å². The van der Waals surface area contributed by atoms with Gasteiger partial charge in [0.15, 0.2) is 0 Å². The van der Waals surface area contributed by atoms with Crippen molar-refractivity contribution in [3.05, 3.63) is 112 Å². The summed E-state index contributed by atoms with van der Waals surface area (Å²) in [6, 6.07) is 25.1. The molecule has 0 atom stereocenters. The van der Waals surface area contributed by atoms with E-state index >= 15 is 0 Å². The van der Waals surface area contributed by atoms with Crippen molar-refractivity contribution in [2.45, 2.75) is 31.7 Å². The molecule has 4 amide bonds. The number of hydrogen-bond acceptors (Lipinski definition) is 8. The van der Waals surface area contributed by atoms with E-state index in [0.29, 0.717) is 59.2 Å². The monoisotopic (exact) mass is 679 g/mol. The van der Waals surface area contributed by atoms with Crippen LogP contribution in [0.4, 0.5) is 10.7 Å². The highest BCUT2D eigenvalue weighted by Gasteiger charge is 2.26. The van der Waals surface area contributed by atoms with Crippen molar-refractivity contribution in [2.24, 2.45) is 0 Å². The molecule has 3 N–H and O–H groups in total. The van der Waals surface area contributed by atoms with Crippen LogP contribution in [0.15, 0.2) is 89.5 Å². The van der Waals surface area contributed by atoms with Crippen LogP contribution in [-0.4, -0.2) is 47.4 Å². The summed E-state index contributed by atoms with van der Waals surface area (Å²) in [6.45, 7) is 4.79. The van der Waals surface area contributed by atoms with Crippen molar-refractivity contribution in [3.8, 4) is 11.8 Å². The number of thiophene rings is 1. The van der Waals surface area contributed by atoms with Crippen molar-refractivity contribution < 1.29 is 23.9 Å². The SMILES string of the molecule is CCOc1ccccc1/C=C(/NC(=O)c1ccccc1)C(=O)Nc1cccc(SCC(=O)Nc2sc3c(c2C#N)CCN(C(C)=O)C3)c1. The Morgan fingerprint density at radius 2 is 1.79 bits per heavy atom. The lowest BCUT2D eigenvalue weighted by molar-refractivity contribution is -0.129. The highest BCUT2D eigenvalue weighted by molar-refractivity contribution is 8.00. The predicted octanol–water partition coefficient (Wildman–Crippen LogP) is 6.06.